The minimum absolute atomic E-state index is 0.0297. The molecule has 0 amide bonds. The number of ether oxygens (including phenoxy) is 4. The number of benzene rings is 2. The minimum Gasteiger partial charge on any atom is -0.464 e. The molecule has 7 nitrogen and oxygen atoms in total. The molecule has 0 saturated carbocycles. The molecule has 1 unspecified atom stereocenters. The van der Waals surface area contributed by atoms with Gasteiger partial charge in [0.05, 0.1) is 45.7 Å². The fraction of sp³-hybridized carbons (Fsp3) is 0.519. The van der Waals surface area contributed by atoms with E-state index in [1.165, 1.54) is 22.4 Å². The lowest BCUT2D eigenvalue weighted by molar-refractivity contribution is -0.149. The van der Waals surface area contributed by atoms with E-state index in [-0.39, 0.29) is 12.6 Å². The lowest BCUT2D eigenvalue weighted by Gasteiger charge is -2.43. The number of carbonyl (C=O) groups excluding carboxylic acids is 1. The Balaban J connectivity index is 1.17. The van der Waals surface area contributed by atoms with Crippen molar-refractivity contribution in [3.63, 3.8) is 0 Å². The van der Waals surface area contributed by atoms with E-state index >= 15 is 0 Å². The van der Waals surface area contributed by atoms with Crippen LogP contribution in [0.5, 0.6) is 0 Å². The van der Waals surface area contributed by atoms with E-state index in [1.807, 2.05) is 0 Å². The van der Waals surface area contributed by atoms with Crippen molar-refractivity contribution in [2.75, 3.05) is 77.3 Å². The van der Waals surface area contributed by atoms with Crippen molar-refractivity contribution in [1.29, 1.82) is 0 Å². The molecule has 184 valence electrons. The highest BCUT2D eigenvalue weighted by atomic mass is 16.6. The first kappa shape index (κ1) is 24.7. The summed E-state index contributed by atoms with van der Waals surface area (Å²) in [6.07, 6.45) is 0.996. The lowest BCUT2D eigenvalue weighted by atomic mass is 9.96. The van der Waals surface area contributed by atoms with E-state index in [0.29, 0.717) is 45.7 Å². The van der Waals surface area contributed by atoms with Gasteiger partial charge in [-0.1, -0.05) is 42.5 Å². The van der Waals surface area contributed by atoms with Gasteiger partial charge < -0.3 is 23.8 Å². The van der Waals surface area contributed by atoms with Crippen LogP contribution in [-0.4, -0.2) is 83.3 Å². The highest BCUT2D eigenvalue weighted by Gasteiger charge is 2.32. The van der Waals surface area contributed by atoms with Crippen molar-refractivity contribution in [1.82, 2.24) is 4.90 Å². The number of esters is 1. The number of rotatable bonds is 12. The van der Waals surface area contributed by atoms with Gasteiger partial charge in [0.15, 0.2) is 0 Å². The van der Waals surface area contributed by atoms with E-state index in [4.69, 9.17) is 18.9 Å². The minimum atomic E-state index is -0.344. The Morgan fingerprint density at radius 1 is 0.882 bits per heavy atom. The molecule has 0 aliphatic carbocycles. The zero-order valence-electron chi connectivity index (χ0n) is 20.1. The molecule has 2 aliphatic heterocycles. The molecule has 1 saturated heterocycles. The highest BCUT2D eigenvalue weighted by molar-refractivity contribution is 5.70. The van der Waals surface area contributed by atoms with Crippen LogP contribution < -0.4 is 4.90 Å². The van der Waals surface area contributed by atoms with E-state index in [2.05, 4.69) is 58.3 Å². The summed E-state index contributed by atoms with van der Waals surface area (Å²) in [7, 11) is 0. The maximum Gasteiger partial charge on any atom is 0.332 e. The Morgan fingerprint density at radius 3 is 2.41 bits per heavy atom. The van der Waals surface area contributed by atoms with Crippen molar-refractivity contribution in [3.8, 4) is 0 Å². The average Bonchev–Trinajstić information content (AvgIpc) is 2.99. The monoisotopic (exact) mass is 468 g/mol. The number of hydrogen-bond acceptors (Lipinski definition) is 7. The number of carbonyl (C=O) groups is 1. The summed E-state index contributed by atoms with van der Waals surface area (Å²) in [6.45, 7) is 8.65. The second kappa shape index (κ2) is 12.9. The molecule has 1 atom stereocenters. The maximum absolute atomic E-state index is 11.2. The third-order valence-electron chi connectivity index (χ3n) is 6.38. The zero-order valence-corrected chi connectivity index (χ0v) is 20.1. The third-order valence-corrected chi connectivity index (χ3v) is 6.38. The molecule has 4 rings (SSSR count). The molecule has 7 heteroatoms. The largest absolute Gasteiger partial charge is 0.464 e. The highest BCUT2D eigenvalue weighted by Crippen LogP contribution is 2.38. The number of anilines is 1. The number of hydrogen-bond donors (Lipinski definition) is 0. The van der Waals surface area contributed by atoms with E-state index in [1.54, 1.807) is 6.92 Å². The van der Waals surface area contributed by atoms with Gasteiger partial charge in [0.1, 0.15) is 6.61 Å². The van der Waals surface area contributed by atoms with E-state index < -0.39 is 0 Å². The first-order valence-electron chi connectivity index (χ1n) is 12.3. The summed E-state index contributed by atoms with van der Waals surface area (Å²) < 4.78 is 21.3. The number of piperazine rings is 1. The fourth-order valence-electron chi connectivity index (χ4n) is 4.75. The maximum atomic E-state index is 11.2. The molecule has 0 N–H and O–H groups in total. The van der Waals surface area contributed by atoms with Crippen molar-refractivity contribution in [2.24, 2.45) is 0 Å². The lowest BCUT2D eigenvalue weighted by Crippen LogP contribution is -2.49. The van der Waals surface area contributed by atoms with E-state index in [0.717, 1.165) is 32.6 Å². The molecule has 2 aliphatic rings. The van der Waals surface area contributed by atoms with Crippen LogP contribution >= 0.6 is 0 Å². The molecule has 2 aromatic rings. The topological polar surface area (TPSA) is 60.5 Å². The Bertz CT molecular complexity index is 921. The van der Waals surface area contributed by atoms with Gasteiger partial charge in [0.2, 0.25) is 0 Å². The Labute approximate surface area is 202 Å². The van der Waals surface area contributed by atoms with Crippen LogP contribution in [-0.2, 0) is 30.2 Å². The van der Waals surface area contributed by atoms with Gasteiger partial charge in [-0.15, -0.1) is 0 Å². The van der Waals surface area contributed by atoms with Crippen LogP contribution in [0.4, 0.5) is 5.69 Å². The predicted molar refractivity (Wildman–Crippen MR) is 131 cm³/mol. The summed E-state index contributed by atoms with van der Waals surface area (Å²) in [4.78, 5) is 16.3. The van der Waals surface area contributed by atoms with Gasteiger partial charge in [-0.25, -0.2) is 4.79 Å². The third kappa shape index (κ3) is 6.57. The second-order valence-corrected chi connectivity index (χ2v) is 8.60. The normalized spacial score (nSPS) is 17.4. The molecular weight excluding hydrogens is 432 g/mol. The SMILES string of the molecule is CCOC(=O)COCCOCCOCCN1CCN2c3ccccc3Cc3ccccc3C2C1. The Morgan fingerprint density at radius 2 is 1.59 bits per heavy atom. The molecule has 0 aromatic heterocycles. The number of fused-ring (bicyclic) bond motifs is 5. The summed E-state index contributed by atoms with van der Waals surface area (Å²) in [5.41, 5.74) is 5.68. The van der Waals surface area contributed by atoms with Crippen LogP contribution in [0.1, 0.15) is 29.7 Å². The molecule has 34 heavy (non-hydrogen) atoms. The smallest absolute Gasteiger partial charge is 0.332 e. The van der Waals surface area contributed by atoms with Crippen molar-refractivity contribution in [2.45, 2.75) is 19.4 Å². The number of para-hydroxylation sites is 1. The van der Waals surface area contributed by atoms with Crippen LogP contribution in [0.3, 0.4) is 0 Å². The van der Waals surface area contributed by atoms with Gasteiger partial charge in [0.25, 0.3) is 0 Å². The van der Waals surface area contributed by atoms with Gasteiger partial charge >= 0.3 is 5.97 Å². The van der Waals surface area contributed by atoms with Crippen molar-refractivity contribution >= 4 is 11.7 Å². The van der Waals surface area contributed by atoms with Crippen LogP contribution in [0.2, 0.25) is 0 Å². The van der Waals surface area contributed by atoms with Crippen LogP contribution in [0.25, 0.3) is 0 Å². The summed E-state index contributed by atoms with van der Waals surface area (Å²) in [6, 6.07) is 18.1. The van der Waals surface area contributed by atoms with Gasteiger partial charge in [-0.3, -0.25) is 4.90 Å². The quantitative estimate of drug-likeness (QED) is 0.350. The molecule has 0 spiro atoms. The summed E-state index contributed by atoms with van der Waals surface area (Å²) >= 11 is 0. The van der Waals surface area contributed by atoms with Crippen molar-refractivity contribution < 1.29 is 23.7 Å². The van der Waals surface area contributed by atoms with Crippen LogP contribution in [0.15, 0.2) is 48.5 Å². The van der Waals surface area contributed by atoms with Gasteiger partial charge in [-0.05, 0) is 36.1 Å². The van der Waals surface area contributed by atoms with Gasteiger partial charge in [0, 0.05) is 31.9 Å². The summed E-state index contributed by atoms with van der Waals surface area (Å²) in [5.74, 6) is -0.344. The molecule has 2 heterocycles. The average molecular weight is 469 g/mol. The molecule has 0 bridgehead atoms. The Hall–Kier alpha value is -2.45. The van der Waals surface area contributed by atoms with Gasteiger partial charge in [-0.2, -0.15) is 0 Å². The molecular formula is C27H36N2O5. The summed E-state index contributed by atoms with van der Waals surface area (Å²) in [5, 5.41) is 0. The first-order chi connectivity index (χ1) is 16.8. The zero-order chi connectivity index (χ0) is 23.6. The fourth-order valence-corrected chi connectivity index (χ4v) is 4.75. The Kier molecular flexibility index (Phi) is 9.33. The molecule has 2 aromatic carbocycles. The number of nitrogens with zero attached hydrogens (tertiary/aromatic N) is 2. The standard InChI is InChI=1S/C27H36N2O5/c1-2-34-27(30)21-33-18-17-32-16-15-31-14-13-28-11-12-29-25-10-6-4-8-23(25)19-22-7-3-5-9-24(22)26(29)20-28/h3-10,26H,2,11-21H2,1H3. The molecule has 1 fully saturated rings. The van der Waals surface area contributed by atoms with E-state index in [9.17, 15) is 4.79 Å². The van der Waals surface area contributed by atoms with Crippen molar-refractivity contribution in [3.05, 3.63) is 65.2 Å². The molecule has 0 radical (unpaired) electrons. The first-order valence-corrected chi connectivity index (χ1v) is 12.3. The second-order valence-electron chi connectivity index (χ2n) is 8.60. The van der Waals surface area contributed by atoms with Crippen LogP contribution in [0, 0.1) is 0 Å². The predicted octanol–water partition coefficient (Wildman–Crippen LogP) is 3.07.